The van der Waals surface area contributed by atoms with E-state index in [4.69, 9.17) is 5.11 Å². The summed E-state index contributed by atoms with van der Waals surface area (Å²) in [7, 11) is 0. The normalized spacial score (nSPS) is 11.8. The van der Waals surface area contributed by atoms with E-state index in [0.29, 0.717) is 0 Å². The van der Waals surface area contributed by atoms with Crippen LogP contribution in [0.3, 0.4) is 0 Å². The highest BCUT2D eigenvalue weighted by atomic mass is 16.3. The molecule has 1 N–H and O–H groups in total. The lowest BCUT2D eigenvalue weighted by molar-refractivity contribution is 0.281. The van der Waals surface area contributed by atoms with Gasteiger partial charge >= 0.3 is 0 Å². The van der Waals surface area contributed by atoms with Crippen LogP contribution in [0.15, 0.2) is 18.2 Å². The first kappa shape index (κ1) is 10.3. The number of aryl methyl sites for hydroxylation is 1. The number of hydrogen-bond acceptors (Lipinski definition) is 1. The smallest absolute Gasteiger partial charge is 0.0681 e. The highest BCUT2D eigenvalue weighted by molar-refractivity contribution is 5.35. The van der Waals surface area contributed by atoms with Gasteiger partial charge in [-0.05, 0) is 29.0 Å². The number of hydrogen-bond donors (Lipinski definition) is 1. The number of aliphatic hydroxyl groups is 1. The zero-order valence-corrected chi connectivity index (χ0v) is 8.89. The van der Waals surface area contributed by atoms with E-state index in [-0.39, 0.29) is 12.0 Å². The van der Waals surface area contributed by atoms with Crippen LogP contribution in [0.25, 0.3) is 0 Å². The van der Waals surface area contributed by atoms with E-state index >= 15 is 0 Å². The number of rotatable bonds is 1. The lowest BCUT2D eigenvalue weighted by atomic mass is 9.83. The average molecular weight is 178 g/mol. The fourth-order valence-corrected chi connectivity index (χ4v) is 1.67. The maximum Gasteiger partial charge on any atom is 0.0681 e. The Morgan fingerprint density at radius 2 is 1.85 bits per heavy atom. The third-order valence-electron chi connectivity index (χ3n) is 2.28. The van der Waals surface area contributed by atoms with Crippen molar-refractivity contribution in [1.82, 2.24) is 0 Å². The highest BCUT2D eigenvalue weighted by Crippen LogP contribution is 2.25. The van der Waals surface area contributed by atoms with Gasteiger partial charge in [0.05, 0.1) is 6.61 Å². The summed E-state index contributed by atoms with van der Waals surface area (Å²) in [5.74, 6) is 0. The molecule has 1 aromatic rings. The molecule has 0 heterocycles. The summed E-state index contributed by atoms with van der Waals surface area (Å²) in [5.41, 5.74) is 3.80. The van der Waals surface area contributed by atoms with E-state index in [1.54, 1.807) is 0 Å². The van der Waals surface area contributed by atoms with Gasteiger partial charge in [0.2, 0.25) is 0 Å². The minimum atomic E-state index is 0.130. The van der Waals surface area contributed by atoms with Crippen LogP contribution in [0.4, 0.5) is 0 Å². The minimum Gasteiger partial charge on any atom is -0.392 e. The third-order valence-corrected chi connectivity index (χ3v) is 2.28. The quantitative estimate of drug-likeness (QED) is 0.701. The Balaban J connectivity index is 3.13. The van der Waals surface area contributed by atoms with E-state index in [0.717, 1.165) is 5.56 Å². The summed E-state index contributed by atoms with van der Waals surface area (Å²) in [5, 5.41) is 8.96. The summed E-state index contributed by atoms with van der Waals surface area (Å²) in [6, 6.07) is 6.16. The maximum absolute atomic E-state index is 8.96. The highest BCUT2D eigenvalue weighted by Gasteiger charge is 2.15. The molecule has 0 amide bonds. The van der Waals surface area contributed by atoms with E-state index in [1.165, 1.54) is 11.1 Å². The molecule has 0 fully saturated rings. The monoisotopic (exact) mass is 178 g/mol. The van der Waals surface area contributed by atoms with Gasteiger partial charge in [-0.1, -0.05) is 39.0 Å². The van der Waals surface area contributed by atoms with Crippen molar-refractivity contribution in [2.75, 3.05) is 0 Å². The molecule has 0 aliphatic rings. The number of benzene rings is 1. The fourth-order valence-electron chi connectivity index (χ4n) is 1.67. The van der Waals surface area contributed by atoms with Gasteiger partial charge in [0.1, 0.15) is 0 Å². The molecule has 0 atom stereocenters. The van der Waals surface area contributed by atoms with E-state index in [2.05, 4.69) is 39.8 Å². The van der Waals surface area contributed by atoms with Crippen LogP contribution in [0.1, 0.15) is 37.5 Å². The first-order valence-corrected chi connectivity index (χ1v) is 4.66. The van der Waals surface area contributed by atoms with Crippen molar-refractivity contribution in [2.24, 2.45) is 0 Å². The van der Waals surface area contributed by atoms with Crippen LogP contribution < -0.4 is 0 Å². The van der Waals surface area contributed by atoms with Crippen molar-refractivity contribution < 1.29 is 5.11 Å². The van der Waals surface area contributed by atoms with Crippen molar-refractivity contribution in [2.45, 2.75) is 39.7 Å². The molecule has 0 aliphatic carbocycles. The van der Waals surface area contributed by atoms with Crippen molar-refractivity contribution >= 4 is 0 Å². The number of aliphatic hydroxyl groups excluding tert-OH is 1. The van der Waals surface area contributed by atoms with Gasteiger partial charge in [-0.3, -0.25) is 0 Å². The molecule has 1 nitrogen and oxygen atoms in total. The molecule has 72 valence electrons. The molecule has 0 unspecified atom stereocenters. The third kappa shape index (κ3) is 2.31. The summed E-state index contributed by atoms with van der Waals surface area (Å²) < 4.78 is 0. The molecule has 1 aromatic carbocycles. The zero-order chi connectivity index (χ0) is 10.1. The van der Waals surface area contributed by atoms with Crippen LogP contribution >= 0.6 is 0 Å². The van der Waals surface area contributed by atoms with Crippen molar-refractivity contribution in [3.05, 3.63) is 34.9 Å². The van der Waals surface area contributed by atoms with Crippen LogP contribution in [0.2, 0.25) is 0 Å². The summed E-state index contributed by atoms with van der Waals surface area (Å²) in [4.78, 5) is 0. The molecular formula is C12H18O. The predicted octanol–water partition coefficient (Wildman–Crippen LogP) is 2.78. The molecule has 1 rings (SSSR count). The van der Waals surface area contributed by atoms with Crippen molar-refractivity contribution in [3.8, 4) is 0 Å². The second-order valence-electron chi connectivity index (χ2n) is 4.56. The minimum absolute atomic E-state index is 0.130. The summed E-state index contributed by atoms with van der Waals surface area (Å²) in [6.07, 6.45) is 0. The largest absolute Gasteiger partial charge is 0.392 e. The molecule has 0 aliphatic heterocycles. The summed E-state index contributed by atoms with van der Waals surface area (Å²) in [6.45, 7) is 8.83. The van der Waals surface area contributed by atoms with Gasteiger partial charge in [0, 0.05) is 0 Å². The fraction of sp³-hybridized carbons (Fsp3) is 0.500. The molecule has 0 saturated heterocycles. The van der Waals surface area contributed by atoms with E-state index < -0.39 is 0 Å². The van der Waals surface area contributed by atoms with Crippen molar-refractivity contribution in [1.29, 1.82) is 0 Å². The topological polar surface area (TPSA) is 20.2 Å². The first-order valence-electron chi connectivity index (χ1n) is 4.66. The molecule has 13 heavy (non-hydrogen) atoms. The van der Waals surface area contributed by atoms with Gasteiger partial charge in [0.15, 0.2) is 0 Å². The Morgan fingerprint density at radius 3 is 2.23 bits per heavy atom. The maximum atomic E-state index is 8.96. The Hall–Kier alpha value is -0.820. The van der Waals surface area contributed by atoms with Gasteiger partial charge in [-0.15, -0.1) is 0 Å². The lowest BCUT2D eigenvalue weighted by Gasteiger charge is -2.21. The van der Waals surface area contributed by atoms with Gasteiger partial charge in [-0.25, -0.2) is 0 Å². The molecule has 0 aromatic heterocycles. The van der Waals surface area contributed by atoms with E-state index in [1.807, 2.05) is 6.07 Å². The lowest BCUT2D eigenvalue weighted by Crippen LogP contribution is -2.13. The van der Waals surface area contributed by atoms with Crippen molar-refractivity contribution in [3.63, 3.8) is 0 Å². The molecular weight excluding hydrogens is 160 g/mol. The molecule has 1 heteroatoms. The van der Waals surface area contributed by atoms with Crippen LogP contribution in [-0.4, -0.2) is 5.11 Å². The van der Waals surface area contributed by atoms with E-state index in [9.17, 15) is 0 Å². The molecule has 0 radical (unpaired) electrons. The van der Waals surface area contributed by atoms with Gasteiger partial charge < -0.3 is 5.11 Å². The molecule has 0 spiro atoms. The summed E-state index contributed by atoms with van der Waals surface area (Å²) >= 11 is 0. The van der Waals surface area contributed by atoms with Gasteiger partial charge in [-0.2, -0.15) is 0 Å². The van der Waals surface area contributed by atoms with Crippen LogP contribution in [0, 0.1) is 6.92 Å². The Morgan fingerprint density at radius 1 is 1.23 bits per heavy atom. The molecule has 0 bridgehead atoms. The second kappa shape index (κ2) is 3.51. The standard InChI is InChI=1S/C12H18O/c1-9-7-10(8-13)5-6-11(9)12(2,3)4/h5-7,13H,8H2,1-4H3. The Bertz CT molecular complexity index is 294. The molecule has 0 saturated carbocycles. The van der Waals surface area contributed by atoms with Gasteiger partial charge in [0.25, 0.3) is 0 Å². The Kier molecular flexibility index (Phi) is 2.77. The Labute approximate surface area is 80.4 Å². The average Bonchev–Trinajstić information content (AvgIpc) is 2.01. The predicted molar refractivity (Wildman–Crippen MR) is 55.8 cm³/mol. The second-order valence-corrected chi connectivity index (χ2v) is 4.56. The van der Waals surface area contributed by atoms with Crippen LogP contribution in [0.5, 0.6) is 0 Å². The SMILES string of the molecule is Cc1cc(CO)ccc1C(C)(C)C. The first-order chi connectivity index (χ1) is 5.95. The van der Waals surface area contributed by atoms with Crippen LogP contribution in [-0.2, 0) is 12.0 Å². The zero-order valence-electron chi connectivity index (χ0n) is 8.89.